The van der Waals surface area contributed by atoms with Gasteiger partial charge in [-0.2, -0.15) is 0 Å². The standard InChI is InChI=1S/C15H15BrN2O4S/c1-22-14-9-12(7-8-13(14)18-23(2,20)21)17-15(19)10-3-5-11(16)6-4-10/h3-9,18H,1-2H3,(H,17,19). The molecule has 0 aliphatic heterocycles. The third kappa shape index (κ3) is 4.97. The second-order valence-corrected chi connectivity index (χ2v) is 7.41. The van der Waals surface area contributed by atoms with Crippen molar-refractivity contribution >= 4 is 43.2 Å². The molecule has 0 saturated carbocycles. The Balaban J connectivity index is 2.20. The minimum absolute atomic E-state index is 0.275. The summed E-state index contributed by atoms with van der Waals surface area (Å²) in [4.78, 5) is 12.2. The maximum atomic E-state index is 12.2. The van der Waals surface area contributed by atoms with E-state index in [1.807, 2.05) is 0 Å². The zero-order chi connectivity index (χ0) is 17.0. The van der Waals surface area contributed by atoms with Gasteiger partial charge in [0, 0.05) is 21.8 Å². The quantitative estimate of drug-likeness (QED) is 0.810. The van der Waals surface area contributed by atoms with Crippen molar-refractivity contribution in [2.24, 2.45) is 0 Å². The van der Waals surface area contributed by atoms with E-state index in [1.54, 1.807) is 36.4 Å². The highest BCUT2D eigenvalue weighted by Gasteiger charge is 2.11. The smallest absolute Gasteiger partial charge is 0.255 e. The molecule has 2 N–H and O–H groups in total. The van der Waals surface area contributed by atoms with Gasteiger partial charge in [-0.25, -0.2) is 8.42 Å². The molecule has 8 heteroatoms. The summed E-state index contributed by atoms with van der Waals surface area (Å²) >= 11 is 3.31. The van der Waals surface area contributed by atoms with Gasteiger partial charge in [0.25, 0.3) is 5.91 Å². The number of nitrogens with one attached hydrogen (secondary N) is 2. The molecular weight excluding hydrogens is 384 g/mol. The minimum Gasteiger partial charge on any atom is -0.494 e. The monoisotopic (exact) mass is 398 g/mol. The Labute approximate surface area is 143 Å². The van der Waals surface area contributed by atoms with Gasteiger partial charge in [-0.3, -0.25) is 9.52 Å². The number of ether oxygens (including phenoxy) is 1. The lowest BCUT2D eigenvalue weighted by molar-refractivity contribution is 0.102. The van der Waals surface area contributed by atoms with E-state index in [-0.39, 0.29) is 5.91 Å². The highest BCUT2D eigenvalue weighted by molar-refractivity contribution is 9.10. The first-order valence-corrected chi connectivity index (χ1v) is 9.19. The molecule has 0 atom stereocenters. The third-order valence-corrected chi connectivity index (χ3v) is 3.98. The molecule has 0 radical (unpaired) electrons. The first-order chi connectivity index (χ1) is 10.8. The lowest BCUT2D eigenvalue weighted by Gasteiger charge is -2.12. The molecule has 0 aliphatic rings. The summed E-state index contributed by atoms with van der Waals surface area (Å²) in [6.45, 7) is 0. The van der Waals surface area contributed by atoms with Gasteiger partial charge in [0.15, 0.2) is 0 Å². The van der Waals surface area contributed by atoms with Gasteiger partial charge in [0.05, 0.1) is 19.1 Å². The number of benzene rings is 2. The van der Waals surface area contributed by atoms with E-state index in [0.29, 0.717) is 22.7 Å². The fourth-order valence-corrected chi connectivity index (χ4v) is 2.69. The van der Waals surface area contributed by atoms with Crippen molar-refractivity contribution in [2.45, 2.75) is 0 Å². The van der Waals surface area contributed by atoms with Gasteiger partial charge >= 0.3 is 0 Å². The molecule has 0 saturated heterocycles. The highest BCUT2D eigenvalue weighted by Crippen LogP contribution is 2.28. The lowest BCUT2D eigenvalue weighted by atomic mass is 10.2. The molecule has 2 aromatic carbocycles. The first kappa shape index (κ1) is 17.3. The van der Waals surface area contributed by atoms with Gasteiger partial charge in [0.2, 0.25) is 10.0 Å². The third-order valence-electron chi connectivity index (χ3n) is 2.86. The maximum Gasteiger partial charge on any atom is 0.255 e. The molecule has 2 aromatic rings. The van der Waals surface area contributed by atoms with Crippen LogP contribution in [0, 0.1) is 0 Å². The lowest BCUT2D eigenvalue weighted by Crippen LogP contribution is -2.13. The number of hydrogen-bond acceptors (Lipinski definition) is 4. The topological polar surface area (TPSA) is 84.5 Å². The zero-order valence-corrected chi connectivity index (χ0v) is 14.9. The minimum atomic E-state index is -3.41. The molecule has 0 spiro atoms. The molecule has 0 bridgehead atoms. The van der Waals surface area contributed by atoms with E-state index >= 15 is 0 Å². The van der Waals surface area contributed by atoms with Crippen molar-refractivity contribution in [2.75, 3.05) is 23.4 Å². The first-order valence-electron chi connectivity index (χ1n) is 6.51. The Morgan fingerprint density at radius 2 is 1.78 bits per heavy atom. The van der Waals surface area contributed by atoms with Gasteiger partial charge in [-0.1, -0.05) is 15.9 Å². The van der Waals surface area contributed by atoms with Crippen LogP contribution in [0.15, 0.2) is 46.9 Å². The molecule has 1 amide bonds. The van der Waals surface area contributed by atoms with Crippen molar-refractivity contribution in [3.8, 4) is 5.75 Å². The van der Waals surface area contributed by atoms with Crippen LogP contribution in [0.3, 0.4) is 0 Å². The van der Waals surface area contributed by atoms with Crippen molar-refractivity contribution in [3.05, 3.63) is 52.5 Å². The van der Waals surface area contributed by atoms with Crippen LogP contribution in [-0.4, -0.2) is 27.7 Å². The summed E-state index contributed by atoms with van der Waals surface area (Å²) in [6.07, 6.45) is 1.05. The molecular formula is C15H15BrN2O4S. The molecule has 2 rings (SSSR count). The van der Waals surface area contributed by atoms with Crippen molar-refractivity contribution in [3.63, 3.8) is 0 Å². The normalized spacial score (nSPS) is 10.9. The molecule has 6 nitrogen and oxygen atoms in total. The number of methoxy groups -OCH3 is 1. The van der Waals surface area contributed by atoms with E-state index in [9.17, 15) is 13.2 Å². The maximum absolute atomic E-state index is 12.2. The van der Waals surface area contributed by atoms with Gasteiger partial charge in [0.1, 0.15) is 5.75 Å². The zero-order valence-electron chi connectivity index (χ0n) is 12.5. The van der Waals surface area contributed by atoms with Crippen LogP contribution in [0.4, 0.5) is 11.4 Å². The van der Waals surface area contributed by atoms with E-state index in [4.69, 9.17) is 4.74 Å². The van der Waals surface area contributed by atoms with E-state index in [0.717, 1.165) is 10.7 Å². The number of hydrogen-bond donors (Lipinski definition) is 2. The van der Waals surface area contributed by atoms with Gasteiger partial charge in [-0.15, -0.1) is 0 Å². The Kier molecular flexibility index (Phi) is 5.27. The van der Waals surface area contributed by atoms with Crippen LogP contribution in [0.5, 0.6) is 5.75 Å². The highest BCUT2D eigenvalue weighted by atomic mass is 79.9. The van der Waals surface area contributed by atoms with E-state index in [1.165, 1.54) is 13.2 Å². The average molecular weight is 399 g/mol. The summed E-state index contributed by atoms with van der Waals surface area (Å²) < 4.78 is 31.0. The largest absolute Gasteiger partial charge is 0.494 e. The SMILES string of the molecule is COc1cc(NC(=O)c2ccc(Br)cc2)ccc1NS(C)(=O)=O. The second kappa shape index (κ2) is 7.01. The Bertz CT molecular complexity index is 820. The number of anilines is 2. The van der Waals surface area contributed by atoms with Gasteiger partial charge < -0.3 is 10.1 Å². The number of halogens is 1. The molecule has 122 valence electrons. The average Bonchev–Trinajstić information content (AvgIpc) is 2.48. The summed E-state index contributed by atoms with van der Waals surface area (Å²) in [6, 6.07) is 11.6. The van der Waals surface area contributed by atoms with Crippen LogP contribution in [0.25, 0.3) is 0 Å². The summed E-state index contributed by atoms with van der Waals surface area (Å²) in [7, 11) is -1.99. The fourth-order valence-electron chi connectivity index (χ4n) is 1.86. The van der Waals surface area contributed by atoms with Crippen LogP contribution >= 0.6 is 15.9 Å². The molecule has 0 aromatic heterocycles. The fraction of sp³-hybridized carbons (Fsp3) is 0.133. The molecule has 23 heavy (non-hydrogen) atoms. The van der Waals surface area contributed by atoms with Crippen molar-refractivity contribution < 1.29 is 17.9 Å². The van der Waals surface area contributed by atoms with Crippen LogP contribution in [0.1, 0.15) is 10.4 Å². The predicted octanol–water partition coefficient (Wildman–Crippen LogP) is 3.08. The van der Waals surface area contributed by atoms with Gasteiger partial charge in [-0.05, 0) is 36.4 Å². The van der Waals surface area contributed by atoms with Crippen molar-refractivity contribution in [1.82, 2.24) is 0 Å². The van der Waals surface area contributed by atoms with E-state index < -0.39 is 10.0 Å². The van der Waals surface area contributed by atoms with Crippen molar-refractivity contribution in [1.29, 1.82) is 0 Å². The summed E-state index contributed by atoms with van der Waals surface area (Å²) in [5, 5.41) is 2.73. The second-order valence-electron chi connectivity index (χ2n) is 4.75. The number of carbonyl (C=O) groups is 1. The molecule has 0 aliphatic carbocycles. The van der Waals surface area contributed by atoms with Crippen LogP contribution in [0.2, 0.25) is 0 Å². The van der Waals surface area contributed by atoms with E-state index in [2.05, 4.69) is 26.0 Å². The predicted molar refractivity (Wildman–Crippen MR) is 93.6 cm³/mol. The summed E-state index contributed by atoms with van der Waals surface area (Å²) in [5.74, 6) is 0.0346. The molecule has 0 unspecified atom stereocenters. The van der Waals surface area contributed by atoms with Crippen LogP contribution in [-0.2, 0) is 10.0 Å². The number of carbonyl (C=O) groups excluding carboxylic acids is 1. The number of sulfonamides is 1. The Morgan fingerprint density at radius 3 is 2.35 bits per heavy atom. The molecule has 0 fully saturated rings. The number of amides is 1. The molecule has 0 heterocycles. The Morgan fingerprint density at radius 1 is 1.13 bits per heavy atom. The summed E-state index contributed by atoms with van der Waals surface area (Å²) in [5.41, 5.74) is 1.30. The number of rotatable bonds is 5. The Hall–Kier alpha value is -2.06. The van der Waals surface area contributed by atoms with Crippen LogP contribution < -0.4 is 14.8 Å².